The fraction of sp³-hybridized carbons (Fsp3) is 0.188. The summed E-state index contributed by atoms with van der Waals surface area (Å²) >= 11 is 0. The normalized spacial score (nSPS) is 10.1. The van der Waals surface area contributed by atoms with Crippen molar-refractivity contribution in [3.8, 4) is 11.4 Å². The average Bonchev–Trinajstić information content (AvgIpc) is 2.48. The number of aromatic nitrogens is 2. The number of nitrogens with zero attached hydrogens (tertiary/aromatic N) is 1. The van der Waals surface area contributed by atoms with Crippen molar-refractivity contribution < 1.29 is 9.53 Å². The van der Waals surface area contributed by atoms with E-state index in [1.165, 1.54) is 6.20 Å². The van der Waals surface area contributed by atoms with E-state index in [4.69, 9.17) is 4.74 Å². The highest BCUT2D eigenvalue weighted by Gasteiger charge is 2.13. The molecule has 21 heavy (non-hydrogen) atoms. The zero-order chi connectivity index (χ0) is 15.2. The van der Waals surface area contributed by atoms with E-state index in [0.29, 0.717) is 5.82 Å². The second kappa shape index (κ2) is 6.65. The first-order chi connectivity index (χ1) is 10.2. The van der Waals surface area contributed by atoms with Crippen LogP contribution in [0.4, 0.5) is 0 Å². The summed E-state index contributed by atoms with van der Waals surface area (Å²) in [7, 11) is 0. The van der Waals surface area contributed by atoms with E-state index < -0.39 is 11.5 Å². The Morgan fingerprint density at radius 1 is 1.38 bits per heavy atom. The lowest BCUT2D eigenvalue weighted by Crippen LogP contribution is -2.20. The Hall–Kier alpha value is -2.69. The van der Waals surface area contributed by atoms with Gasteiger partial charge in [-0.05, 0) is 18.9 Å². The van der Waals surface area contributed by atoms with E-state index in [1.54, 1.807) is 6.92 Å². The van der Waals surface area contributed by atoms with Crippen LogP contribution >= 0.6 is 0 Å². The van der Waals surface area contributed by atoms with E-state index in [0.717, 1.165) is 17.5 Å². The zero-order valence-corrected chi connectivity index (χ0v) is 11.8. The third kappa shape index (κ3) is 3.45. The lowest BCUT2D eigenvalue weighted by Gasteiger charge is -2.04. The molecule has 0 amide bonds. The topological polar surface area (TPSA) is 72.0 Å². The van der Waals surface area contributed by atoms with E-state index in [-0.39, 0.29) is 12.2 Å². The number of carbonyl (C=O) groups is 1. The third-order valence-corrected chi connectivity index (χ3v) is 2.90. The van der Waals surface area contributed by atoms with Gasteiger partial charge in [0.1, 0.15) is 11.4 Å². The maximum Gasteiger partial charge on any atom is 0.345 e. The quantitative estimate of drug-likeness (QED) is 0.675. The van der Waals surface area contributed by atoms with Gasteiger partial charge in [0.15, 0.2) is 0 Å². The number of allylic oxidation sites excluding steroid dienone is 1. The summed E-state index contributed by atoms with van der Waals surface area (Å²) in [6.45, 7) is 5.58. The molecule has 0 aliphatic carbocycles. The van der Waals surface area contributed by atoms with Crippen molar-refractivity contribution in [3.63, 3.8) is 0 Å². The number of hydrogen-bond acceptors (Lipinski definition) is 4. The van der Waals surface area contributed by atoms with Crippen molar-refractivity contribution in [2.75, 3.05) is 6.61 Å². The molecule has 1 N–H and O–H groups in total. The molecule has 1 aromatic carbocycles. The van der Waals surface area contributed by atoms with Crippen molar-refractivity contribution >= 4 is 5.97 Å². The Morgan fingerprint density at radius 2 is 2.10 bits per heavy atom. The maximum atomic E-state index is 11.9. The zero-order valence-electron chi connectivity index (χ0n) is 11.8. The second-order valence-corrected chi connectivity index (χ2v) is 4.38. The molecule has 0 spiro atoms. The highest BCUT2D eigenvalue weighted by atomic mass is 16.5. The van der Waals surface area contributed by atoms with Crippen LogP contribution in [-0.2, 0) is 11.2 Å². The molecular weight excluding hydrogens is 268 g/mol. The summed E-state index contributed by atoms with van der Waals surface area (Å²) in [6.07, 6.45) is 3.85. The summed E-state index contributed by atoms with van der Waals surface area (Å²) in [5, 5.41) is 0. The van der Waals surface area contributed by atoms with Crippen LogP contribution in [0.3, 0.4) is 0 Å². The molecule has 0 saturated heterocycles. The van der Waals surface area contributed by atoms with E-state index in [2.05, 4.69) is 16.5 Å². The van der Waals surface area contributed by atoms with Crippen LogP contribution in [0.25, 0.3) is 11.4 Å². The van der Waals surface area contributed by atoms with Crippen molar-refractivity contribution in [3.05, 3.63) is 64.6 Å². The number of hydrogen-bond donors (Lipinski definition) is 1. The third-order valence-electron chi connectivity index (χ3n) is 2.90. The van der Waals surface area contributed by atoms with Crippen LogP contribution in [0, 0.1) is 0 Å². The van der Waals surface area contributed by atoms with E-state index in [1.807, 2.05) is 30.3 Å². The first kappa shape index (κ1) is 14.7. The van der Waals surface area contributed by atoms with Gasteiger partial charge in [-0.25, -0.2) is 9.78 Å². The number of aromatic amines is 1. The predicted molar refractivity (Wildman–Crippen MR) is 80.2 cm³/mol. The molecule has 2 aromatic rings. The molecule has 0 radical (unpaired) electrons. The Kier molecular flexibility index (Phi) is 4.66. The van der Waals surface area contributed by atoms with Crippen LogP contribution in [0.5, 0.6) is 0 Å². The van der Waals surface area contributed by atoms with Crippen LogP contribution in [0.1, 0.15) is 22.8 Å². The lowest BCUT2D eigenvalue weighted by molar-refractivity contribution is 0.0524. The Morgan fingerprint density at radius 3 is 2.67 bits per heavy atom. The van der Waals surface area contributed by atoms with Crippen molar-refractivity contribution in [2.24, 2.45) is 0 Å². The molecular formula is C16H16N2O3. The second-order valence-electron chi connectivity index (χ2n) is 4.38. The van der Waals surface area contributed by atoms with Gasteiger partial charge in [0.05, 0.1) is 6.61 Å². The van der Waals surface area contributed by atoms with E-state index in [9.17, 15) is 9.59 Å². The molecule has 0 aliphatic rings. The lowest BCUT2D eigenvalue weighted by atomic mass is 10.1. The maximum absolute atomic E-state index is 11.9. The highest BCUT2D eigenvalue weighted by Crippen LogP contribution is 2.14. The molecule has 108 valence electrons. The Bertz CT molecular complexity index is 702. The summed E-state index contributed by atoms with van der Waals surface area (Å²) in [5.41, 5.74) is 1.30. The molecule has 5 nitrogen and oxygen atoms in total. The minimum atomic E-state index is -0.667. The molecule has 0 fully saturated rings. The van der Waals surface area contributed by atoms with Gasteiger partial charge in [0, 0.05) is 11.8 Å². The first-order valence-electron chi connectivity index (χ1n) is 6.62. The minimum Gasteiger partial charge on any atom is -0.462 e. The molecule has 5 heteroatoms. The summed E-state index contributed by atoms with van der Waals surface area (Å²) in [6, 6.07) is 7.61. The first-order valence-corrected chi connectivity index (χ1v) is 6.62. The molecule has 2 rings (SSSR count). The van der Waals surface area contributed by atoms with Gasteiger partial charge < -0.3 is 9.72 Å². The van der Waals surface area contributed by atoms with Crippen LogP contribution < -0.4 is 5.56 Å². The minimum absolute atomic E-state index is 0.0936. The van der Waals surface area contributed by atoms with Gasteiger partial charge in [0.2, 0.25) is 0 Å². The molecule has 0 unspecified atom stereocenters. The van der Waals surface area contributed by atoms with E-state index >= 15 is 0 Å². The van der Waals surface area contributed by atoms with Gasteiger partial charge in [-0.15, -0.1) is 6.58 Å². The average molecular weight is 284 g/mol. The van der Waals surface area contributed by atoms with Gasteiger partial charge in [0.25, 0.3) is 5.56 Å². The molecule has 1 heterocycles. The predicted octanol–water partition coefficient (Wildman–Crippen LogP) is 2.34. The SMILES string of the molecule is C=CCc1ccc(-c2ncc(C(=O)OCC)c(=O)[nH]2)cc1. The van der Waals surface area contributed by atoms with Crippen LogP contribution in [-0.4, -0.2) is 22.5 Å². The monoisotopic (exact) mass is 284 g/mol. The number of nitrogens with one attached hydrogen (secondary N) is 1. The number of ether oxygens (including phenoxy) is 1. The fourth-order valence-electron chi connectivity index (χ4n) is 1.86. The summed E-state index contributed by atoms with van der Waals surface area (Å²) in [5.74, 6) is -0.252. The van der Waals surface area contributed by atoms with Crippen LogP contribution in [0.2, 0.25) is 0 Å². The van der Waals surface area contributed by atoms with Crippen LogP contribution in [0.15, 0.2) is 47.9 Å². The Balaban J connectivity index is 2.29. The smallest absolute Gasteiger partial charge is 0.345 e. The molecule has 0 bridgehead atoms. The number of esters is 1. The van der Waals surface area contributed by atoms with Crippen molar-refractivity contribution in [1.82, 2.24) is 9.97 Å². The van der Waals surface area contributed by atoms with Gasteiger partial charge >= 0.3 is 5.97 Å². The molecule has 0 atom stereocenters. The largest absolute Gasteiger partial charge is 0.462 e. The standard InChI is InChI=1S/C16H16N2O3/c1-3-5-11-6-8-12(9-7-11)14-17-10-13(15(19)18-14)16(20)21-4-2/h3,6-10H,1,4-5H2,2H3,(H,17,18,19). The van der Waals surface area contributed by atoms with Gasteiger partial charge in [-0.1, -0.05) is 30.3 Å². The highest BCUT2D eigenvalue weighted by molar-refractivity contribution is 5.88. The molecule has 1 aromatic heterocycles. The Labute approximate surface area is 122 Å². The molecule has 0 saturated carbocycles. The van der Waals surface area contributed by atoms with Crippen molar-refractivity contribution in [1.29, 1.82) is 0 Å². The number of carbonyl (C=O) groups excluding carboxylic acids is 1. The number of rotatable bonds is 5. The van der Waals surface area contributed by atoms with Gasteiger partial charge in [-0.2, -0.15) is 0 Å². The molecule has 0 aliphatic heterocycles. The number of H-pyrrole nitrogens is 1. The summed E-state index contributed by atoms with van der Waals surface area (Å²) in [4.78, 5) is 30.1. The van der Waals surface area contributed by atoms with Gasteiger partial charge in [-0.3, -0.25) is 4.79 Å². The fourth-order valence-corrected chi connectivity index (χ4v) is 1.86. The number of benzene rings is 1. The summed E-state index contributed by atoms with van der Waals surface area (Å²) < 4.78 is 4.79. The van der Waals surface area contributed by atoms with Crippen molar-refractivity contribution in [2.45, 2.75) is 13.3 Å².